The Balaban J connectivity index is 1.77. The molecule has 24 heavy (non-hydrogen) atoms. The number of benzene rings is 2. The summed E-state index contributed by atoms with van der Waals surface area (Å²) < 4.78 is 12.8. The zero-order chi connectivity index (χ0) is 16.5. The maximum Gasteiger partial charge on any atom is 0.162 e. The molecule has 0 atom stereocenters. The minimum Gasteiger partial charge on any atom is -0.486 e. The molecule has 1 aromatic heterocycles. The van der Waals surface area contributed by atoms with E-state index in [0.717, 1.165) is 17.5 Å². The van der Waals surface area contributed by atoms with Gasteiger partial charge in [-0.1, -0.05) is 11.6 Å². The van der Waals surface area contributed by atoms with E-state index in [1.54, 1.807) is 23.0 Å². The van der Waals surface area contributed by atoms with E-state index in [9.17, 15) is 4.79 Å². The summed E-state index contributed by atoms with van der Waals surface area (Å²) in [4.78, 5) is 11.5. The molecular weight excluding hydrogens is 328 g/mol. The van der Waals surface area contributed by atoms with Crippen molar-refractivity contribution in [2.45, 2.75) is 0 Å². The van der Waals surface area contributed by atoms with Gasteiger partial charge in [0, 0.05) is 16.8 Å². The predicted molar refractivity (Wildman–Crippen MR) is 90.4 cm³/mol. The van der Waals surface area contributed by atoms with Crippen LogP contribution in [-0.4, -0.2) is 29.3 Å². The lowest BCUT2D eigenvalue weighted by molar-refractivity contribution is 0.112. The molecule has 0 aliphatic carbocycles. The van der Waals surface area contributed by atoms with Crippen molar-refractivity contribution in [3.63, 3.8) is 0 Å². The van der Waals surface area contributed by atoms with Gasteiger partial charge in [0.1, 0.15) is 18.9 Å². The molecule has 0 fully saturated rings. The highest BCUT2D eigenvalue weighted by atomic mass is 35.5. The summed E-state index contributed by atoms with van der Waals surface area (Å²) in [5, 5.41) is 5.19. The Bertz CT molecular complexity index is 903. The van der Waals surface area contributed by atoms with Gasteiger partial charge in [0.25, 0.3) is 0 Å². The second-order valence-electron chi connectivity index (χ2n) is 5.33. The first-order valence-corrected chi connectivity index (χ1v) is 7.83. The number of carbonyl (C=O) groups is 1. The fourth-order valence-corrected chi connectivity index (χ4v) is 2.74. The fraction of sp³-hybridized carbons (Fsp3) is 0.111. The van der Waals surface area contributed by atoms with E-state index in [-0.39, 0.29) is 0 Å². The topological polar surface area (TPSA) is 53.4 Å². The number of hydrogen-bond donors (Lipinski definition) is 0. The van der Waals surface area contributed by atoms with Crippen LogP contribution in [0.4, 0.5) is 0 Å². The van der Waals surface area contributed by atoms with Crippen molar-refractivity contribution in [2.24, 2.45) is 0 Å². The standard InChI is InChI=1S/C18H13ClN2O3/c19-14-2-4-15(5-3-14)21-10-13(11-22)18(20-21)12-1-6-16-17(9-12)24-8-7-23-16/h1-6,9-11H,7-8H2. The molecule has 2 aromatic carbocycles. The first-order valence-electron chi connectivity index (χ1n) is 7.45. The van der Waals surface area contributed by atoms with E-state index >= 15 is 0 Å². The maximum absolute atomic E-state index is 11.5. The molecule has 6 heteroatoms. The zero-order valence-corrected chi connectivity index (χ0v) is 13.4. The van der Waals surface area contributed by atoms with Gasteiger partial charge in [-0.05, 0) is 42.5 Å². The third-order valence-corrected chi connectivity index (χ3v) is 4.03. The Kier molecular flexibility index (Phi) is 3.70. The first kappa shape index (κ1) is 14.8. The van der Waals surface area contributed by atoms with Crippen molar-refractivity contribution in [3.8, 4) is 28.4 Å². The van der Waals surface area contributed by atoms with Gasteiger partial charge < -0.3 is 9.47 Å². The fourth-order valence-electron chi connectivity index (χ4n) is 2.61. The molecule has 5 nitrogen and oxygen atoms in total. The maximum atomic E-state index is 11.5. The lowest BCUT2D eigenvalue weighted by Crippen LogP contribution is -2.15. The molecule has 120 valence electrons. The number of nitrogens with zero attached hydrogens (tertiary/aromatic N) is 2. The smallest absolute Gasteiger partial charge is 0.162 e. The first-order chi connectivity index (χ1) is 11.7. The number of ether oxygens (including phenoxy) is 2. The summed E-state index contributed by atoms with van der Waals surface area (Å²) in [5.41, 5.74) is 2.72. The molecular formula is C18H13ClN2O3. The van der Waals surface area contributed by atoms with Crippen LogP contribution in [0.25, 0.3) is 16.9 Å². The SMILES string of the molecule is O=Cc1cn(-c2ccc(Cl)cc2)nc1-c1ccc2c(c1)OCCO2. The van der Waals surface area contributed by atoms with Crippen molar-refractivity contribution in [1.82, 2.24) is 9.78 Å². The highest BCUT2D eigenvalue weighted by Gasteiger charge is 2.16. The third kappa shape index (κ3) is 2.63. The number of carbonyl (C=O) groups excluding carboxylic acids is 1. The van der Waals surface area contributed by atoms with E-state index < -0.39 is 0 Å². The minimum atomic E-state index is 0.502. The van der Waals surface area contributed by atoms with E-state index in [0.29, 0.717) is 41.0 Å². The molecule has 4 rings (SSSR count). The van der Waals surface area contributed by atoms with Gasteiger partial charge in [0.05, 0.1) is 11.3 Å². The molecule has 0 saturated heterocycles. The summed E-state index contributed by atoms with van der Waals surface area (Å²) in [5.74, 6) is 1.37. The molecule has 0 radical (unpaired) electrons. The molecule has 0 unspecified atom stereocenters. The van der Waals surface area contributed by atoms with Crippen molar-refractivity contribution >= 4 is 17.9 Å². The monoisotopic (exact) mass is 340 g/mol. The van der Waals surface area contributed by atoms with Crippen LogP contribution < -0.4 is 9.47 Å². The third-order valence-electron chi connectivity index (χ3n) is 3.78. The van der Waals surface area contributed by atoms with Gasteiger partial charge in [-0.3, -0.25) is 4.79 Å². The van der Waals surface area contributed by atoms with Crippen LogP contribution in [0.5, 0.6) is 11.5 Å². The molecule has 0 bridgehead atoms. The van der Waals surface area contributed by atoms with Crippen LogP contribution in [0.3, 0.4) is 0 Å². The van der Waals surface area contributed by atoms with Gasteiger partial charge in [0.2, 0.25) is 0 Å². The lowest BCUT2D eigenvalue weighted by atomic mass is 10.1. The number of hydrogen-bond acceptors (Lipinski definition) is 4. The number of fused-ring (bicyclic) bond motifs is 1. The summed E-state index contributed by atoms with van der Waals surface area (Å²) in [6, 6.07) is 12.8. The van der Waals surface area contributed by atoms with Gasteiger partial charge in [-0.2, -0.15) is 5.10 Å². The van der Waals surface area contributed by atoms with Crippen molar-refractivity contribution < 1.29 is 14.3 Å². The quantitative estimate of drug-likeness (QED) is 0.681. The Labute approximate surface area is 143 Å². The summed E-state index contributed by atoms with van der Waals surface area (Å²) in [7, 11) is 0. The molecule has 1 aliphatic rings. The molecule has 1 aliphatic heterocycles. The van der Waals surface area contributed by atoms with E-state index in [4.69, 9.17) is 21.1 Å². The number of aromatic nitrogens is 2. The second kappa shape index (κ2) is 6.02. The lowest BCUT2D eigenvalue weighted by Gasteiger charge is -2.18. The molecule has 0 saturated carbocycles. The number of halogens is 1. The van der Waals surface area contributed by atoms with Crippen LogP contribution in [0.1, 0.15) is 10.4 Å². The van der Waals surface area contributed by atoms with Crippen LogP contribution in [-0.2, 0) is 0 Å². The van der Waals surface area contributed by atoms with Crippen LogP contribution >= 0.6 is 11.6 Å². The van der Waals surface area contributed by atoms with Crippen LogP contribution in [0, 0.1) is 0 Å². The van der Waals surface area contributed by atoms with Gasteiger partial charge in [0.15, 0.2) is 17.8 Å². The van der Waals surface area contributed by atoms with Gasteiger partial charge in [-0.25, -0.2) is 4.68 Å². The molecule has 3 aromatic rings. The van der Waals surface area contributed by atoms with Crippen molar-refractivity contribution in [2.75, 3.05) is 13.2 Å². The van der Waals surface area contributed by atoms with E-state index in [1.165, 1.54) is 0 Å². The van der Waals surface area contributed by atoms with Crippen LogP contribution in [0.15, 0.2) is 48.7 Å². The molecule has 2 heterocycles. The highest BCUT2D eigenvalue weighted by Crippen LogP contribution is 2.35. The predicted octanol–water partition coefficient (Wildman–Crippen LogP) is 3.78. The Morgan fingerprint density at radius 2 is 1.79 bits per heavy atom. The molecule has 0 amide bonds. The zero-order valence-electron chi connectivity index (χ0n) is 12.6. The average molecular weight is 341 g/mol. The van der Waals surface area contributed by atoms with Crippen LogP contribution in [0.2, 0.25) is 5.02 Å². The Morgan fingerprint density at radius 1 is 1.04 bits per heavy atom. The normalized spacial score (nSPS) is 12.9. The Morgan fingerprint density at radius 3 is 2.54 bits per heavy atom. The van der Waals surface area contributed by atoms with Gasteiger partial charge in [-0.15, -0.1) is 0 Å². The number of rotatable bonds is 3. The average Bonchev–Trinajstić information content (AvgIpc) is 3.06. The largest absolute Gasteiger partial charge is 0.486 e. The van der Waals surface area contributed by atoms with Gasteiger partial charge >= 0.3 is 0 Å². The van der Waals surface area contributed by atoms with E-state index in [2.05, 4.69) is 5.10 Å². The molecule has 0 N–H and O–H groups in total. The number of aldehydes is 1. The Hall–Kier alpha value is -2.79. The van der Waals surface area contributed by atoms with Crippen molar-refractivity contribution in [3.05, 3.63) is 59.2 Å². The summed E-state index contributed by atoms with van der Waals surface area (Å²) >= 11 is 5.91. The van der Waals surface area contributed by atoms with Crippen molar-refractivity contribution in [1.29, 1.82) is 0 Å². The van der Waals surface area contributed by atoms with E-state index in [1.807, 2.05) is 30.3 Å². The molecule has 0 spiro atoms. The highest BCUT2D eigenvalue weighted by molar-refractivity contribution is 6.30. The summed E-state index contributed by atoms with van der Waals surface area (Å²) in [6.45, 7) is 1.05. The summed E-state index contributed by atoms with van der Waals surface area (Å²) in [6.07, 6.45) is 2.49. The second-order valence-corrected chi connectivity index (χ2v) is 5.77. The minimum absolute atomic E-state index is 0.502.